The number of aromatic amines is 1. The lowest BCUT2D eigenvalue weighted by molar-refractivity contribution is 0.0216. The molecule has 13 heteroatoms. The average molecular weight is 558 g/mol. The van der Waals surface area contributed by atoms with Crippen molar-refractivity contribution in [1.82, 2.24) is 33.4 Å². The number of ether oxygens (including phenoxy) is 2. The van der Waals surface area contributed by atoms with Gasteiger partial charge in [0.25, 0.3) is 0 Å². The first-order valence-corrected chi connectivity index (χ1v) is 15.0. The van der Waals surface area contributed by atoms with Crippen molar-refractivity contribution >= 4 is 26.8 Å². The van der Waals surface area contributed by atoms with Gasteiger partial charge in [0.2, 0.25) is 10.0 Å². The third-order valence-corrected chi connectivity index (χ3v) is 8.75. The number of nitrogens with one attached hydrogen (secondary N) is 1. The summed E-state index contributed by atoms with van der Waals surface area (Å²) in [4.78, 5) is 21.2. The fraction of sp³-hybridized carbons (Fsp3) is 0.538. The molecule has 3 aromatic heterocycles. The van der Waals surface area contributed by atoms with Crippen molar-refractivity contribution in [3.8, 4) is 17.1 Å². The molecule has 1 aromatic carbocycles. The topological polar surface area (TPSA) is 137 Å². The summed E-state index contributed by atoms with van der Waals surface area (Å²) in [5.74, 6) is 0.892. The van der Waals surface area contributed by atoms with E-state index in [1.54, 1.807) is 22.8 Å². The number of rotatable bonds is 11. The summed E-state index contributed by atoms with van der Waals surface area (Å²) in [7, 11) is -3.75. The number of fused-ring (bicyclic) bond motifs is 3. The fourth-order valence-electron chi connectivity index (χ4n) is 4.90. The predicted molar refractivity (Wildman–Crippen MR) is 146 cm³/mol. The Labute approximate surface area is 227 Å². The Balaban J connectivity index is 1.57. The summed E-state index contributed by atoms with van der Waals surface area (Å²) in [5, 5.41) is 8.02. The summed E-state index contributed by atoms with van der Waals surface area (Å²) in [6.45, 7) is 8.44. The Morgan fingerprint density at radius 1 is 1.05 bits per heavy atom. The first kappa shape index (κ1) is 27.3. The van der Waals surface area contributed by atoms with Gasteiger partial charge < -0.3 is 14.5 Å². The Bertz CT molecular complexity index is 1620. The molecule has 4 heterocycles. The highest BCUT2D eigenvalue weighted by Crippen LogP contribution is 2.34. The molecule has 1 fully saturated rings. The van der Waals surface area contributed by atoms with Gasteiger partial charge in [0.1, 0.15) is 23.4 Å². The highest BCUT2D eigenvalue weighted by Gasteiger charge is 2.31. The minimum absolute atomic E-state index is 0.0852. The minimum atomic E-state index is -3.75. The van der Waals surface area contributed by atoms with Crippen LogP contribution < -0.4 is 10.4 Å². The predicted octanol–water partition coefficient (Wildman–Crippen LogP) is 3.21. The van der Waals surface area contributed by atoms with E-state index < -0.39 is 10.0 Å². The van der Waals surface area contributed by atoms with Gasteiger partial charge in [0, 0.05) is 26.2 Å². The molecule has 0 atom stereocenters. The molecule has 210 valence electrons. The molecule has 12 nitrogen and oxygen atoms in total. The maximum Gasteiger partial charge on any atom is 0.336 e. The maximum absolute atomic E-state index is 13.7. The molecular weight excluding hydrogens is 522 g/mol. The highest BCUT2D eigenvalue weighted by molar-refractivity contribution is 7.89. The smallest absolute Gasteiger partial charge is 0.336 e. The van der Waals surface area contributed by atoms with E-state index in [-0.39, 0.29) is 16.7 Å². The van der Waals surface area contributed by atoms with Crippen LogP contribution in [0.25, 0.3) is 28.2 Å². The maximum atomic E-state index is 13.7. The van der Waals surface area contributed by atoms with Crippen LogP contribution >= 0.6 is 0 Å². The van der Waals surface area contributed by atoms with Crippen molar-refractivity contribution < 1.29 is 17.9 Å². The lowest BCUT2D eigenvalue weighted by Gasteiger charge is -2.31. The van der Waals surface area contributed by atoms with E-state index in [2.05, 4.69) is 22.1 Å². The summed E-state index contributed by atoms with van der Waals surface area (Å²) in [6.07, 6.45) is 5.24. The van der Waals surface area contributed by atoms with E-state index in [1.807, 2.05) is 13.8 Å². The van der Waals surface area contributed by atoms with Crippen LogP contribution in [0.15, 0.2) is 34.2 Å². The van der Waals surface area contributed by atoms with Gasteiger partial charge in [-0.1, -0.05) is 20.8 Å². The van der Waals surface area contributed by atoms with Crippen molar-refractivity contribution in [2.45, 2.75) is 70.4 Å². The fourth-order valence-corrected chi connectivity index (χ4v) is 6.40. The van der Waals surface area contributed by atoms with Crippen molar-refractivity contribution in [2.75, 3.05) is 26.3 Å². The third kappa shape index (κ3) is 5.18. The first-order valence-electron chi connectivity index (χ1n) is 13.6. The number of H-pyrrole nitrogens is 1. The normalized spacial score (nSPS) is 15.5. The second-order valence-electron chi connectivity index (χ2n) is 9.72. The van der Waals surface area contributed by atoms with E-state index in [4.69, 9.17) is 14.5 Å². The molecule has 1 aliphatic rings. The molecule has 5 rings (SSSR count). The van der Waals surface area contributed by atoms with E-state index in [0.29, 0.717) is 79.6 Å². The van der Waals surface area contributed by atoms with Crippen LogP contribution in [0.2, 0.25) is 0 Å². The molecule has 0 unspecified atom stereocenters. The number of benzene rings is 1. The van der Waals surface area contributed by atoms with Crippen molar-refractivity contribution in [3.63, 3.8) is 0 Å². The zero-order valence-electron chi connectivity index (χ0n) is 22.6. The molecule has 0 spiro atoms. The zero-order valence-corrected chi connectivity index (χ0v) is 23.4. The molecular formula is C26H35N7O5S. The average Bonchev–Trinajstić information content (AvgIpc) is 3.61. The number of aryl methyl sites for hydroxylation is 1. The summed E-state index contributed by atoms with van der Waals surface area (Å²) < 4.78 is 43.6. The van der Waals surface area contributed by atoms with Gasteiger partial charge in [0.15, 0.2) is 11.3 Å². The van der Waals surface area contributed by atoms with Crippen LogP contribution in [-0.4, -0.2) is 74.3 Å². The van der Waals surface area contributed by atoms with Crippen LogP contribution in [-0.2, 0) is 21.3 Å². The molecule has 0 bridgehead atoms. The second-order valence-corrected chi connectivity index (χ2v) is 11.7. The SMILES string of the molecule is CCCOc1ccc(S(=O)(=O)N2CCC(OCCC)CC2)cc1-c1nc2c([nH]1)c1nncn1c(=O)n2CCC. The largest absolute Gasteiger partial charge is 0.493 e. The van der Waals surface area contributed by atoms with Gasteiger partial charge in [-0.2, -0.15) is 4.31 Å². The van der Waals surface area contributed by atoms with Gasteiger partial charge in [0.05, 0.1) is 23.2 Å². The van der Waals surface area contributed by atoms with Crippen molar-refractivity contribution in [2.24, 2.45) is 0 Å². The number of hydrogen-bond donors (Lipinski definition) is 1. The number of hydrogen-bond acceptors (Lipinski definition) is 8. The molecule has 4 aromatic rings. The van der Waals surface area contributed by atoms with Crippen LogP contribution in [0.3, 0.4) is 0 Å². The van der Waals surface area contributed by atoms with Gasteiger partial charge in [-0.15, -0.1) is 10.2 Å². The van der Waals surface area contributed by atoms with Crippen LogP contribution in [0.1, 0.15) is 52.9 Å². The van der Waals surface area contributed by atoms with Crippen LogP contribution in [0.5, 0.6) is 5.75 Å². The lowest BCUT2D eigenvalue weighted by atomic mass is 10.1. The molecule has 39 heavy (non-hydrogen) atoms. The number of nitrogens with zero attached hydrogens (tertiary/aromatic N) is 6. The molecule has 0 radical (unpaired) electrons. The first-order chi connectivity index (χ1) is 18.9. The van der Waals surface area contributed by atoms with Crippen molar-refractivity contribution in [1.29, 1.82) is 0 Å². The van der Waals surface area contributed by atoms with Gasteiger partial charge in [-0.05, 0) is 50.3 Å². The zero-order chi connectivity index (χ0) is 27.6. The quantitative estimate of drug-likeness (QED) is 0.297. The number of imidazole rings is 1. The van der Waals surface area contributed by atoms with Crippen molar-refractivity contribution in [3.05, 3.63) is 35.0 Å². The number of sulfonamides is 1. The van der Waals surface area contributed by atoms with Gasteiger partial charge in [-0.25, -0.2) is 22.6 Å². The van der Waals surface area contributed by atoms with E-state index >= 15 is 0 Å². The number of aromatic nitrogens is 6. The molecule has 0 aliphatic carbocycles. The summed E-state index contributed by atoms with van der Waals surface area (Å²) in [6, 6.07) is 4.85. The van der Waals surface area contributed by atoms with E-state index in [9.17, 15) is 13.2 Å². The molecule has 0 saturated carbocycles. The number of piperidine rings is 1. The molecule has 1 aliphatic heterocycles. The minimum Gasteiger partial charge on any atom is -0.493 e. The lowest BCUT2D eigenvalue weighted by Crippen LogP contribution is -2.40. The Morgan fingerprint density at radius 3 is 2.54 bits per heavy atom. The standard InChI is InChI=1S/C26H35N7O5S/c1-4-11-32-24-22(25-30-27-17-33(25)26(32)34)28-23(29-24)20-16-19(7-8-21(20)38-15-6-3)39(35,36)31-12-9-18(10-13-31)37-14-5-2/h7-8,16-18H,4-6,9-15H2,1-3H3,(H,28,29). The second kappa shape index (κ2) is 11.4. The highest BCUT2D eigenvalue weighted by atomic mass is 32.2. The third-order valence-electron chi connectivity index (χ3n) is 6.86. The Morgan fingerprint density at radius 2 is 1.82 bits per heavy atom. The molecule has 1 N–H and O–H groups in total. The Kier molecular flexibility index (Phi) is 8.01. The Hall–Kier alpha value is -3.29. The van der Waals surface area contributed by atoms with E-state index in [0.717, 1.165) is 19.3 Å². The van der Waals surface area contributed by atoms with Gasteiger partial charge >= 0.3 is 5.69 Å². The molecule has 0 amide bonds. The summed E-state index contributed by atoms with van der Waals surface area (Å²) in [5.41, 5.74) is 1.54. The molecule has 1 saturated heterocycles. The summed E-state index contributed by atoms with van der Waals surface area (Å²) >= 11 is 0. The van der Waals surface area contributed by atoms with E-state index in [1.165, 1.54) is 15.0 Å². The van der Waals surface area contributed by atoms with Crippen LogP contribution in [0.4, 0.5) is 0 Å². The van der Waals surface area contributed by atoms with Gasteiger partial charge in [-0.3, -0.25) is 4.57 Å². The monoisotopic (exact) mass is 557 g/mol. The van der Waals surface area contributed by atoms with Crippen LogP contribution in [0, 0.1) is 0 Å².